The number of hydrogen-bond acceptors (Lipinski definition) is 6. The second-order valence-electron chi connectivity index (χ2n) is 3.91. The van der Waals surface area contributed by atoms with Gasteiger partial charge in [0.25, 0.3) is 5.91 Å². The van der Waals surface area contributed by atoms with Gasteiger partial charge in [0.15, 0.2) is 18.1 Å². The lowest BCUT2D eigenvalue weighted by molar-refractivity contribution is -0.139. The summed E-state index contributed by atoms with van der Waals surface area (Å²) in [5, 5.41) is 11.2. The van der Waals surface area contributed by atoms with Crippen LogP contribution in [0.3, 0.4) is 0 Å². The highest BCUT2D eigenvalue weighted by Gasteiger charge is 2.23. The first-order chi connectivity index (χ1) is 10.0. The van der Waals surface area contributed by atoms with E-state index in [-0.39, 0.29) is 11.7 Å². The Labute approximate surface area is 130 Å². The van der Waals surface area contributed by atoms with Gasteiger partial charge in [0, 0.05) is 5.56 Å². The highest BCUT2D eigenvalue weighted by molar-refractivity contribution is 8.26. The molecule has 0 spiro atoms. The summed E-state index contributed by atoms with van der Waals surface area (Å²) in [6.45, 7) is -0.506. The van der Waals surface area contributed by atoms with Crippen molar-refractivity contribution in [3.63, 3.8) is 0 Å². The molecule has 2 rings (SSSR count). The van der Waals surface area contributed by atoms with Crippen LogP contribution in [0.2, 0.25) is 0 Å². The normalized spacial score (nSPS) is 16.0. The monoisotopic (exact) mass is 325 g/mol. The molecule has 6 nitrogen and oxygen atoms in total. The number of carboxylic acids is 1. The summed E-state index contributed by atoms with van der Waals surface area (Å²) < 4.78 is 10.8. The van der Waals surface area contributed by atoms with Crippen LogP contribution < -0.4 is 14.8 Å². The Morgan fingerprint density at radius 1 is 1.52 bits per heavy atom. The van der Waals surface area contributed by atoms with Gasteiger partial charge in [-0.05, 0) is 12.1 Å². The molecular formula is C13H11NO5S2. The van der Waals surface area contributed by atoms with E-state index in [0.717, 1.165) is 11.8 Å². The summed E-state index contributed by atoms with van der Waals surface area (Å²) in [5.41, 5.74) is 0.540. The number of thiocarbonyl (C=S) groups is 1. The number of methoxy groups -OCH3 is 1. The zero-order valence-electron chi connectivity index (χ0n) is 10.9. The van der Waals surface area contributed by atoms with Crippen molar-refractivity contribution in [3.05, 3.63) is 28.7 Å². The lowest BCUT2D eigenvalue weighted by Gasteiger charge is -2.12. The molecule has 8 heteroatoms. The zero-order valence-corrected chi connectivity index (χ0v) is 12.5. The third kappa shape index (κ3) is 3.73. The molecule has 0 saturated carbocycles. The minimum absolute atomic E-state index is 0.265. The van der Waals surface area contributed by atoms with Crippen LogP contribution in [0, 0.1) is 0 Å². The van der Waals surface area contributed by atoms with Crippen LogP contribution in [0.5, 0.6) is 11.5 Å². The van der Waals surface area contributed by atoms with Crippen molar-refractivity contribution < 1.29 is 24.2 Å². The Hall–Kier alpha value is -2.06. The second kappa shape index (κ2) is 6.59. The molecule has 110 valence electrons. The Morgan fingerprint density at radius 2 is 2.29 bits per heavy atom. The van der Waals surface area contributed by atoms with Crippen molar-refractivity contribution in [3.8, 4) is 11.5 Å². The molecule has 0 aromatic heterocycles. The van der Waals surface area contributed by atoms with E-state index in [9.17, 15) is 9.59 Å². The number of amides is 1. The number of ether oxygens (including phenoxy) is 2. The number of para-hydroxylation sites is 1. The molecular weight excluding hydrogens is 314 g/mol. The average Bonchev–Trinajstić information content (AvgIpc) is 2.75. The van der Waals surface area contributed by atoms with Gasteiger partial charge in [-0.3, -0.25) is 4.79 Å². The number of aliphatic carboxylic acids is 1. The number of thioether (sulfide) groups is 1. The highest BCUT2D eigenvalue weighted by atomic mass is 32.2. The van der Waals surface area contributed by atoms with Crippen LogP contribution in [0.25, 0.3) is 6.08 Å². The maximum Gasteiger partial charge on any atom is 0.341 e. The summed E-state index contributed by atoms with van der Waals surface area (Å²) >= 11 is 6.05. The molecule has 2 N–H and O–H groups in total. The van der Waals surface area contributed by atoms with Gasteiger partial charge in [0.1, 0.15) is 4.32 Å². The van der Waals surface area contributed by atoms with E-state index in [0.29, 0.717) is 20.5 Å². The van der Waals surface area contributed by atoms with Crippen LogP contribution in [0.15, 0.2) is 23.1 Å². The fourth-order valence-electron chi connectivity index (χ4n) is 1.66. The van der Waals surface area contributed by atoms with Crippen LogP contribution in [-0.4, -0.2) is 35.0 Å². The summed E-state index contributed by atoms with van der Waals surface area (Å²) in [7, 11) is 1.45. The molecule has 1 aliphatic rings. The maximum atomic E-state index is 11.7. The van der Waals surface area contributed by atoms with E-state index in [1.54, 1.807) is 24.3 Å². The minimum atomic E-state index is -1.10. The van der Waals surface area contributed by atoms with Crippen LogP contribution in [-0.2, 0) is 9.59 Å². The molecule has 0 atom stereocenters. The summed E-state index contributed by atoms with van der Waals surface area (Å²) in [6, 6.07) is 5.06. The van der Waals surface area contributed by atoms with Crippen molar-refractivity contribution in [2.75, 3.05) is 13.7 Å². The van der Waals surface area contributed by atoms with Gasteiger partial charge >= 0.3 is 5.97 Å². The molecule has 1 aromatic carbocycles. The van der Waals surface area contributed by atoms with Crippen LogP contribution >= 0.6 is 24.0 Å². The zero-order chi connectivity index (χ0) is 15.4. The molecule has 1 aliphatic heterocycles. The van der Waals surface area contributed by atoms with Gasteiger partial charge in [-0.25, -0.2) is 4.79 Å². The van der Waals surface area contributed by atoms with E-state index in [4.69, 9.17) is 26.8 Å². The fourth-order valence-corrected chi connectivity index (χ4v) is 2.69. The van der Waals surface area contributed by atoms with Crippen molar-refractivity contribution in [1.82, 2.24) is 5.32 Å². The number of hydrogen-bond donors (Lipinski definition) is 2. The first kappa shape index (κ1) is 15.3. The summed E-state index contributed by atoms with van der Waals surface area (Å²) in [4.78, 5) is 22.7. The van der Waals surface area contributed by atoms with E-state index < -0.39 is 12.6 Å². The molecule has 0 bridgehead atoms. The quantitative estimate of drug-likeness (QED) is 0.629. The van der Waals surface area contributed by atoms with Gasteiger partial charge in [0.2, 0.25) is 0 Å². The average molecular weight is 325 g/mol. The van der Waals surface area contributed by atoms with Crippen molar-refractivity contribution in [1.29, 1.82) is 0 Å². The predicted octanol–water partition coefficient (Wildman–Crippen LogP) is 1.65. The molecule has 0 unspecified atom stereocenters. The summed E-state index contributed by atoms with van der Waals surface area (Å²) in [6.07, 6.45) is 1.58. The van der Waals surface area contributed by atoms with E-state index in [1.807, 2.05) is 0 Å². The smallest absolute Gasteiger partial charge is 0.341 e. The Bertz CT molecular complexity index is 641. The number of carboxylic acid groups (broad SMARTS) is 1. The summed E-state index contributed by atoms with van der Waals surface area (Å²) in [5.74, 6) is -0.747. The number of carbonyl (C=O) groups is 2. The van der Waals surface area contributed by atoms with E-state index in [1.165, 1.54) is 7.11 Å². The van der Waals surface area contributed by atoms with E-state index >= 15 is 0 Å². The third-order valence-corrected chi connectivity index (χ3v) is 3.66. The molecule has 1 amide bonds. The van der Waals surface area contributed by atoms with Gasteiger partial charge < -0.3 is 19.9 Å². The first-order valence-electron chi connectivity index (χ1n) is 5.77. The first-order valence-corrected chi connectivity index (χ1v) is 7.00. The molecule has 1 aromatic rings. The van der Waals surface area contributed by atoms with Crippen LogP contribution in [0.4, 0.5) is 0 Å². The molecule has 1 fully saturated rings. The fraction of sp³-hybridized carbons (Fsp3) is 0.154. The molecule has 0 radical (unpaired) electrons. The molecule has 1 saturated heterocycles. The van der Waals surface area contributed by atoms with Crippen molar-refractivity contribution in [2.45, 2.75) is 0 Å². The molecule has 21 heavy (non-hydrogen) atoms. The lowest BCUT2D eigenvalue weighted by Crippen LogP contribution is -2.17. The lowest BCUT2D eigenvalue weighted by atomic mass is 10.1. The Kier molecular flexibility index (Phi) is 4.81. The van der Waals surface area contributed by atoms with Gasteiger partial charge in [-0.2, -0.15) is 0 Å². The topological polar surface area (TPSA) is 84.9 Å². The van der Waals surface area contributed by atoms with Gasteiger partial charge in [-0.1, -0.05) is 36.1 Å². The number of benzene rings is 1. The predicted molar refractivity (Wildman–Crippen MR) is 82.4 cm³/mol. The van der Waals surface area contributed by atoms with E-state index in [2.05, 4.69) is 5.32 Å². The maximum absolute atomic E-state index is 11.7. The standard InChI is InChI=1S/C13H11NO5S2/c1-18-8-4-2-3-7(11(8)19-6-10(15)16)5-9-12(17)14-13(20)21-9/h2-5H,6H2,1H3,(H,15,16)(H,14,17,20)/b9-5+. The highest BCUT2D eigenvalue weighted by Crippen LogP contribution is 2.35. The van der Waals surface area contributed by atoms with Crippen molar-refractivity contribution >= 4 is 46.3 Å². The number of rotatable bonds is 5. The minimum Gasteiger partial charge on any atom is -0.493 e. The van der Waals surface area contributed by atoms with Crippen LogP contribution in [0.1, 0.15) is 5.56 Å². The Balaban J connectivity index is 2.38. The number of carbonyl (C=O) groups excluding carboxylic acids is 1. The largest absolute Gasteiger partial charge is 0.493 e. The van der Waals surface area contributed by atoms with Gasteiger partial charge in [-0.15, -0.1) is 0 Å². The molecule has 1 heterocycles. The SMILES string of the molecule is COc1cccc(/C=C2/SC(=S)NC2=O)c1OCC(=O)O. The number of nitrogens with one attached hydrogen (secondary N) is 1. The molecule has 0 aliphatic carbocycles. The third-order valence-electron chi connectivity index (χ3n) is 2.50. The van der Waals surface area contributed by atoms with Gasteiger partial charge in [0.05, 0.1) is 12.0 Å². The second-order valence-corrected chi connectivity index (χ2v) is 5.63. The Morgan fingerprint density at radius 3 is 2.86 bits per heavy atom. The van der Waals surface area contributed by atoms with Crippen molar-refractivity contribution in [2.24, 2.45) is 0 Å².